The molecule has 0 saturated heterocycles. The number of hydrogen-bond acceptors (Lipinski definition) is 0. The molecule has 3 heteroatoms. The van der Waals surface area contributed by atoms with E-state index in [2.05, 4.69) is 179 Å². The molecule has 3 aromatic heterocycles. The van der Waals surface area contributed by atoms with Crippen LogP contribution in [0.3, 0.4) is 0 Å². The Morgan fingerprint density at radius 1 is 0.327 bits per heavy atom. The third-order valence-corrected chi connectivity index (χ3v) is 10.1. The minimum atomic E-state index is 0.896. The maximum absolute atomic E-state index is 3.48. The summed E-state index contributed by atoms with van der Waals surface area (Å²) in [6.45, 7) is 9.38. The Morgan fingerprint density at radius 3 is 0.898 bits per heavy atom. The molecule has 3 nitrogen and oxygen atoms in total. The van der Waals surface area contributed by atoms with Gasteiger partial charge in [-0.15, -0.1) is 0 Å². The molecule has 0 amide bonds. The number of nitrogens with zero attached hydrogens (tertiary/aromatic N) is 3. The number of para-hydroxylation sites is 2. The fourth-order valence-electron chi connectivity index (χ4n) is 7.83. The standard InChI is InChI=1S/C46H35N3/c1-4-47-41-13-9-7-11-35(41)37-27-31(19-23-43(37)47)15-17-33-21-25-45-39(29-33)40-30-34(22-26-46(40)49(45)6-3)18-16-32-20-24-44-38(28-32)36-12-8-10-14-42(36)48(44)5-2/h7-14,19-30H,4-6H2,1-3H3. The topological polar surface area (TPSA) is 14.8 Å². The number of aryl methyl sites for hydroxylation is 3. The van der Waals surface area contributed by atoms with E-state index in [1.54, 1.807) is 0 Å². The summed E-state index contributed by atoms with van der Waals surface area (Å²) in [5, 5.41) is 7.49. The second-order valence-corrected chi connectivity index (χ2v) is 12.7. The highest BCUT2D eigenvalue weighted by molar-refractivity contribution is 6.10. The van der Waals surface area contributed by atoms with E-state index < -0.39 is 0 Å². The van der Waals surface area contributed by atoms with Crippen molar-refractivity contribution in [1.29, 1.82) is 0 Å². The second-order valence-electron chi connectivity index (χ2n) is 12.7. The molecule has 0 bridgehead atoms. The molecule has 3 heterocycles. The maximum Gasteiger partial charge on any atom is 0.0492 e. The Kier molecular flexibility index (Phi) is 6.82. The zero-order chi connectivity index (χ0) is 33.1. The predicted octanol–water partition coefficient (Wildman–Crippen LogP) is 10.9. The molecule has 0 spiro atoms. The lowest BCUT2D eigenvalue weighted by Gasteiger charge is -2.03. The van der Waals surface area contributed by atoms with Crippen molar-refractivity contribution in [3.63, 3.8) is 0 Å². The van der Waals surface area contributed by atoms with Crippen molar-refractivity contribution in [2.45, 2.75) is 40.4 Å². The molecule has 6 aromatic carbocycles. The van der Waals surface area contributed by atoms with Crippen LogP contribution in [0, 0.1) is 23.7 Å². The maximum atomic E-state index is 3.48. The lowest BCUT2D eigenvalue weighted by molar-refractivity contribution is 0.827. The summed E-state index contributed by atoms with van der Waals surface area (Å²) in [4.78, 5) is 0. The van der Waals surface area contributed by atoms with Gasteiger partial charge in [0.05, 0.1) is 0 Å². The van der Waals surface area contributed by atoms with Crippen molar-refractivity contribution >= 4 is 65.4 Å². The van der Waals surface area contributed by atoms with Crippen molar-refractivity contribution in [3.8, 4) is 23.7 Å². The van der Waals surface area contributed by atoms with Crippen LogP contribution in [0.5, 0.6) is 0 Å². The van der Waals surface area contributed by atoms with E-state index in [1.165, 1.54) is 65.4 Å². The quantitative estimate of drug-likeness (QED) is 0.173. The van der Waals surface area contributed by atoms with E-state index in [9.17, 15) is 0 Å². The minimum Gasteiger partial charge on any atom is -0.341 e. The van der Waals surface area contributed by atoms with Crippen LogP contribution in [0.15, 0.2) is 121 Å². The molecule has 9 aromatic rings. The van der Waals surface area contributed by atoms with Crippen molar-refractivity contribution < 1.29 is 0 Å². The van der Waals surface area contributed by atoms with E-state index in [0.717, 1.165) is 41.9 Å². The van der Waals surface area contributed by atoms with Gasteiger partial charge in [-0.3, -0.25) is 0 Å². The molecule has 234 valence electrons. The summed E-state index contributed by atoms with van der Waals surface area (Å²) in [6, 6.07) is 43.7. The van der Waals surface area contributed by atoms with Gasteiger partial charge in [0, 0.05) is 107 Å². The van der Waals surface area contributed by atoms with E-state index in [-0.39, 0.29) is 0 Å². The van der Waals surface area contributed by atoms with Gasteiger partial charge >= 0.3 is 0 Å². The number of fused-ring (bicyclic) bond motifs is 9. The van der Waals surface area contributed by atoms with Crippen molar-refractivity contribution in [3.05, 3.63) is 144 Å². The third-order valence-electron chi connectivity index (χ3n) is 10.1. The first-order valence-corrected chi connectivity index (χ1v) is 17.3. The molecular weight excluding hydrogens is 595 g/mol. The lowest BCUT2D eigenvalue weighted by Crippen LogP contribution is -1.93. The van der Waals surface area contributed by atoms with Gasteiger partial charge < -0.3 is 13.7 Å². The monoisotopic (exact) mass is 629 g/mol. The van der Waals surface area contributed by atoms with Crippen LogP contribution in [0.25, 0.3) is 65.4 Å². The average molecular weight is 630 g/mol. The van der Waals surface area contributed by atoms with Crippen molar-refractivity contribution in [2.24, 2.45) is 0 Å². The average Bonchev–Trinajstić information content (AvgIpc) is 3.77. The molecular formula is C46H35N3. The Labute approximate surface area is 286 Å². The molecule has 0 aliphatic rings. The second kappa shape index (κ2) is 11.5. The zero-order valence-corrected chi connectivity index (χ0v) is 28.0. The Hall–Kier alpha value is -6.16. The first kappa shape index (κ1) is 29.0. The third kappa shape index (κ3) is 4.62. The van der Waals surface area contributed by atoms with Crippen LogP contribution >= 0.6 is 0 Å². The fourth-order valence-corrected chi connectivity index (χ4v) is 7.83. The van der Waals surface area contributed by atoms with E-state index in [1.807, 2.05) is 0 Å². The summed E-state index contributed by atoms with van der Waals surface area (Å²) < 4.78 is 7.14. The van der Waals surface area contributed by atoms with Gasteiger partial charge in [-0.05, 0) is 106 Å². The zero-order valence-electron chi connectivity index (χ0n) is 28.0. The van der Waals surface area contributed by atoms with Crippen LogP contribution in [-0.2, 0) is 19.6 Å². The van der Waals surface area contributed by atoms with Gasteiger partial charge in [-0.25, -0.2) is 0 Å². The Balaban J connectivity index is 1.09. The van der Waals surface area contributed by atoms with E-state index in [4.69, 9.17) is 0 Å². The summed E-state index contributed by atoms with van der Waals surface area (Å²) in [6.07, 6.45) is 0. The van der Waals surface area contributed by atoms with Gasteiger partial charge in [0.2, 0.25) is 0 Å². The summed E-state index contributed by atoms with van der Waals surface area (Å²) in [5.41, 5.74) is 11.6. The van der Waals surface area contributed by atoms with Gasteiger partial charge in [0.15, 0.2) is 0 Å². The number of aromatic nitrogens is 3. The van der Waals surface area contributed by atoms with Crippen LogP contribution < -0.4 is 0 Å². The van der Waals surface area contributed by atoms with Crippen LogP contribution in [-0.4, -0.2) is 13.7 Å². The molecule has 0 unspecified atom stereocenters. The molecule has 9 rings (SSSR count). The number of benzene rings is 6. The molecule has 0 fully saturated rings. The number of rotatable bonds is 3. The van der Waals surface area contributed by atoms with Crippen LogP contribution in [0.1, 0.15) is 43.0 Å². The highest BCUT2D eigenvalue weighted by Crippen LogP contribution is 2.33. The van der Waals surface area contributed by atoms with Crippen molar-refractivity contribution in [1.82, 2.24) is 13.7 Å². The van der Waals surface area contributed by atoms with E-state index in [0.29, 0.717) is 0 Å². The summed E-state index contributed by atoms with van der Waals surface area (Å²) in [7, 11) is 0. The Bertz CT molecular complexity index is 2710. The normalized spacial score (nSPS) is 11.5. The molecule has 49 heavy (non-hydrogen) atoms. The SMILES string of the molecule is CCn1c2ccccc2c2cc(C#Cc3ccc4c(c3)c3cc(C#Cc5ccc6c(c5)c5ccccc5n6CC)ccc3n4CC)ccc21. The number of hydrogen-bond donors (Lipinski definition) is 0. The van der Waals surface area contributed by atoms with E-state index >= 15 is 0 Å². The van der Waals surface area contributed by atoms with Crippen LogP contribution in [0.2, 0.25) is 0 Å². The molecule has 0 aliphatic carbocycles. The Morgan fingerprint density at radius 2 is 0.592 bits per heavy atom. The van der Waals surface area contributed by atoms with Gasteiger partial charge in [-0.2, -0.15) is 0 Å². The molecule has 0 radical (unpaired) electrons. The van der Waals surface area contributed by atoms with Gasteiger partial charge in [0.25, 0.3) is 0 Å². The fraction of sp³-hybridized carbons (Fsp3) is 0.130. The van der Waals surface area contributed by atoms with Gasteiger partial charge in [0.1, 0.15) is 0 Å². The first-order chi connectivity index (χ1) is 24.1. The highest BCUT2D eigenvalue weighted by Gasteiger charge is 2.12. The largest absolute Gasteiger partial charge is 0.341 e. The lowest BCUT2D eigenvalue weighted by atomic mass is 10.1. The molecule has 0 saturated carbocycles. The minimum absolute atomic E-state index is 0.896. The molecule has 0 N–H and O–H groups in total. The summed E-state index contributed by atoms with van der Waals surface area (Å²) >= 11 is 0. The predicted molar refractivity (Wildman–Crippen MR) is 207 cm³/mol. The first-order valence-electron chi connectivity index (χ1n) is 17.3. The summed E-state index contributed by atoms with van der Waals surface area (Å²) in [5.74, 6) is 13.9. The van der Waals surface area contributed by atoms with Crippen molar-refractivity contribution in [2.75, 3.05) is 0 Å². The smallest absolute Gasteiger partial charge is 0.0492 e. The molecule has 0 aliphatic heterocycles. The van der Waals surface area contributed by atoms with Crippen LogP contribution in [0.4, 0.5) is 0 Å². The highest BCUT2D eigenvalue weighted by atomic mass is 15.0. The van der Waals surface area contributed by atoms with Gasteiger partial charge in [-0.1, -0.05) is 60.1 Å². The molecule has 0 atom stereocenters.